The molecule has 2 N–H and O–H groups in total. The lowest BCUT2D eigenvalue weighted by Gasteiger charge is -2.21. The molecule has 0 aliphatic carbocycles. The van der Waals surface area contributed by atoms with Crippen molar-refractivity contribution in [1.82, 2.24) is 20.1 Å². The Kier molecular flexibility index (Phi) is 4.59. The summed E-state index contributed by atoms with van der Waals surface area (Å²) in [6.07, 6.45) is 2.37. The second-order valence-electron chi connectivity index (χ2n) is 5.60. The molecule has 1 amide bonds. The Labute approximate surface area is 123 Å². The van der Waals surface area contributed by atoms with Crippen molar-refractivity contribution in [1.29, 1.82) is 0 Å². The first-order valence-corrected chi connectivity index (χ1v) is 7.43. The molecule has 0 saturated carbocycles. The minimum Gasteiger partial charge on any atom is -0.365 e. The Morgan fingerprint density at radius 1 is 1.65 bits per heavy atom. The van der Waals surface area contributed by atoms with Gasteiger partial charge in [-0.25, -0.2) is 0 Å². The topological polar surface area (TPSA) is 71.9 Å². The molecule has 2 heterocycles. The first kappa shape index (κ1) is 15.2. The fraction of sp³-hybridized carbons (Fsp3) is 0.769. The van der Waals surface area contributed by atoms with Gasteiger partial charge in [0.05, 0.1) is 0 Å². The number of carbonyl (C=O) groups is 1. The van der Waals surface area contributed by atoms with Crippen LogP contribution in [0.1, 0.15) is 45.5 Å². The maximum Gasteiger partial charge on any atom is 0.251 e. The van der Waals surface area contributed by atoms with Gasteiger partial charge >= 0.3 is 0 Å². The van der Waals surface area contributed by atoms with E-state index in [0.717, 1.165) is 18.7 Å². The molecule has 112 valence electrons. The molecule has 6 nitrogen and oxygen atoms in total. The highest BCUT2D eigenvalue weighted by atomic mass is 32.1. The van der Waals surface area contributed by atoms with Crippen LogP contribution in [0.15, 0.2) is 0 Å². The first-order valence-electron chi connectivity index (χ1n) is 7.02. The Balaban J connectivity index is 1.90. The molecule has 20 heavy (non-hydrogen) atoms. The van der Waals surface area contributed by atoms with E-state index in [1.165, 1.54) is 0 Å². The summed E-state index contributed by atoms with van der Waals surface area (Å²) in [5.74, 6) is 0.822. The molecule has 2 rings (SSSR count). The molecule has 1 atom stereocenters. The number of nitrogens with one attached hydrogen (secondary N) is 2. The second kappa shape index (κ2) is 6.05. The van der Waals surface area contributed by atoms with Gasteiger partial charge in [0.2, 0.25) is 0 Å². The van der Waals surface area contributed by atoms with Crippen molar-refractivity contribution in [2.45, 2.75) is 51.7 Å². The third kappa shape index (κ3) is 3.09. The minimum absolute atomic E-state index is 0.0415. The molecule has 1 aromatic heterocycles. The maximum atomic E-state index is 12.1. The summed E-state index contributed by atoms with van der Waals surface area (Å²) in [5, 5.41) is 9.93. The Morgan fingerprint density at radius 3 is 3.00 bits per heavy atom. The van der Waals surface area contributed by atoms with Gasteiger partial charge in [0.15, 0.2) is 4.77 Å². The Morgan fingerprint density at radius 2 is 2.40 bits per heavy atom. The standard InChI is InChI=1S/C13H22N4O2S/c1-9(2)17-10(15-16-12(17)20)5-7-14-11(18)13(3)6-4-8-19-13/h9H,4-8H2,1-3H3,(H,14,18)(H,16,20)/t13-/m0/s1. The predicted octanol–water partition coefficient (Wildman–Crippen LogP) is 1.75. The molecule has 1 fully saturated rings. The lowest BCUT2D eigenvalue weighted by molar-refractivity contribution is -0.139. The molecule has 1 aromatic rings. The van der Waals surface area contributed by atoms with E-state index >= 15 is 0 Å². The van der Waals surface area contributed by atoms with Crippen LogP contribution in [0.25, 0.3) is 0 Å². The number of rotatable bonds is 5. The summed E-state index contributed by atoms with van der Waals surface area (Å²) in [6.45, 7) is 7.15. The van der Waals surface area contributed by atoms with Crippen LogP contribution in [-0.4, -0.2) is 39.4 Å². The molecule has 1 aliphatic heterocycles. The number of hydrogen-bond donors (Lipinski definition) is 2. The van der Waals surface area contributed by atoms with E-state index in [2.05, 4.69) is 29.4 Å². The summed E-state index contributed by atoms with van der Waals surface area (Å²) in [5.41, 5.74) is -0.664. The summed E-state index contributed by atoms with van der Waals surface area (Å²) < 4.78 is 8.10. The predicted molar refractivity (Wildman–Crippen MR) is 78.1 cm³/mol. The van der Waals surface area contributed by atoms with Gasteiger partial charge in [0.25, 0.3) is 5.91 Å². The summed E-state index contributed by atoms with van der Waals surface area (Å²) in [6, 6.07) is 0.252. The first-order chi connectivity index (χ1) is 9.44. The summed E-state index contributed by atoms with van der Waals surface area (Å²) >= 11 is 5.19. The highest BCUT2D eigenvalue weighted by Gasteiger charge is 2.37. The molecule has 7 heteroatoms. The average molecular weight is 298 g/mol. The van der Waals surface area contributed by atoms with E-state index < -0.39 is 5.60 Å². The molecular formula is C13H22N4O2S. The fourth-order valence-corrected chi connectivity index (χ4v) is 2.84. The van der Waals surface area contributed by atoms with Crippen LogP contribution >= 0.6 is 12.2 Å². The molecule has 0 aromatic carbocycles. The fourth-order valence-electron chi connectivity index (χ4n) is 2.48. The van der Waals surface area contributed by atoms with Crippen LogP contribution in [0.3, 0.4) is 0 Å². The third-order valence-electron chi connectivity index (χ3n) is 3.63. The lowest BCUT2D eigenvalue weighted by atomic mass is 10.0. The molecule has 0 bridgehead atoms. The van der Waals surface area contributed by atoms with Gasteiger partial charge in [-0.1, -0.05) is 0 Å². The third-order valence-corrected chi connectivity index (χ3v) is 3.92. The average Bonchev–Trinajstić information content (AvgIpc) is 2.97. The van der Waals surface area contributed by atoms with Crippen molar-refractivity contribution in [2.24, 2.45) is 0 Å². The number of aromatic nitrogens is 3. The maximum absolute atomic E-state index is 12.1. The van der Waals surface area contributed by atoms with Crippen molar-refractivity contribution in [3.8, 4) is 0 Å². The van der Waals surface area contributed by atoms with E-state index in [4.69, 9.17) is 17.0 Å². The van der Waals surface area contributed by atoms with Crippen LogP contribution < -0.4 is 5.32 Å². The number of amides is 1. The number of H-pyrrole nitrogens is 1. The number of ether oxygens (including phenoxy) is 1. The molecule has 0 spiro atoms. The zero-order chi connectivity index (χ0) is 14.8. The largest absolute Gasteiger partial charge is 0.365 e. The van der Waals surface area contributed by atoms with Crippen molar-refractivity contribution in [2.75, 3.05) is 13.2 Å². The summed E-state index contributed by atoms with van der Waals surface area (Å²) in [7, 11) is 0. The molecule has 0 radical (unpaired) electrons. The zero-order valence-corrected chi connectivity index (χ0v) is 13.0. The molecular weight excluding hydrogens is 276 g/mol. The molecule has 1 saturated heterocycles. The highest BCUT2D eigenvalue weighted by Crippen LogP contribution is 2.24. The van der Waals surface area contributed by atoms with E-state index in [1.807, 2.05) is 11.5 Å². The van der Waals surface area contributed by atoms with Crippen molar-refractivity contribution >= 4 is 18.1 Å². The molecule has 1 aliphatic rings. The van der Waals surface area contributed by atoms with E-state index in [1.54, 1.807) is 0 Å². The summed E-state index contributed by atoms with van der Waals surface area (Å²) in [4.78, 5) is 12.1. The van der Waals surface area contributed by atoms with Crippen LogP contribution in [0.5, 0.6) is 0 Å². The van der Waals surface area contributed by atoms with E-state index in [9.17, 15) is 4.79 Å². The van der Waals surface area contributed by atoms with Crippen LogP contribution in [-0.2, 0) is 16.0 Å². The van der Waals surface area contributed by atoms with Crippen molar-refractivity contribution in [3.05, 3.63) is 10.6 Å². The minimum atomic E-state index is -0.664. The smallest absolute Gasteiger partial charge is 0.251 e. The zero-order valence-electron chi connectivity index (χ0n) is 12.2. The van der Waals surface area contributed by atoms with Gasteiger partial charge in [-0.3, -0.25) is 9.89 Å². The van der Waals surface area contributed by atoms with Crippen LogP contribution in [0.4, 0.5) is 0 Å². The number of aromatic amines is 1. The van der Waals surface area contributed by atoms with Crippen LogP contribution in [0, 0.1) is 4.77 Å². The van der Waals surface area contributed by atoms with Gasteiger partial charge < -0.3 is 14.6 Å². The van der Waals surface area contributed by atoms with Gasteiger partial charge in [-0.05, 0) is 45.8 Å². The Hall–Kier alpha value is -1.21. The van der Waals surface area contributed by atoms with Gasteiger partial charge in [-0.2, -0.15) is 5.10 Å². The van der Waals surface area contributed by atoms with Gasteiger partial charge in [-0.15, -0.1) is 0 Å². The Bertz CT molecular complexity index is 529. The number of carbonyl (C=O) groups excluding carboxylic acids is 1. The second-order valence-corrected chi connectivity index (χ2v) is 5.98. The van der Waals surface area contributed by atoms with Gasteiger partial charge in [0, 0.05) is 25.6 Å². The monoisotopic (exact) mass is 298 g/mol. The normalized spacial score (nSPS) is 22.4. The highest BCUT2D eigenvalue weighted by molar-refractivity contribution is 7.71. The van der Waals surface area contributed by atoms with Gasteiger partial charge in [0.1, 0.15) is 11.4 Å². The SMILES string of the molecule is CC(C)n1c(CCNC(=O)[C@]2(C)CCCO2)n[nH]c1=S. The lowest BCUT2D eigenvalue weighted by Crippen LogP contribution is -2.44. The van der Waals surface area contributed by atoms with Crippen molar-refractivity contribution < 1.29 is 9.53 Å². The van der Waals surface area contributed by atoms with E-state index in [0.29, 0.717) is 24.3 Å². The van der Waals surface area contributed by atoms with Crippen molar-refractivity contribution in [3.63, 3.8) is 0 Å². The van der Waals surface area contributed by atoms with Crippen LogP contribution in [0.2, 0.25) is 0 Å². The van der Waals surface area contributed by atoms with E-state index in [-0.39, 0.29) is 11.9 Å². The quantitative estimate of drug-likeness (QED) is 0.812. The number of hydrogen-bond acceptors (Lipinski definition) is 4. The number of nitrogens with zero attached hydrogens (tertiary/aromatic N) is 2. The molecule has 0 unspecified atom stereocenters.